The number of rotatable bonds is 5. The van der Waals surface area contributed by atoms with Crippen LogP contribution in [-0.4, -0.2) is 40.1 Å². The van der Waals surface area contributed by atoms with Gasteiger partial charge in [-0.3, -0.25) is 4.90 Å². The quantitative estimate of drug-likeness (QED) is 0.659. The van der Waals surface area contributed by atoms with Crippen molar-refractivity contribution in [2.45, 2.75) is 46.1 Å². The first-order chi connectivity index (χ1) is 13.5. The van der Waals surface area contributed by atoms with E-state index in [1.165, 1.54) is 18.4 Å². The third kappa shape index (κ3) is 4.02. The zero-order valence-corrected chi connectivity index (χ0v) is 17.1. The maximum Gasteiger partial charge on any atom is 0.213 e. The molecule has 6 heteroatoms. The molecule has 6 nitrogen and oxygen atoms in total. The van der Waals surface area contributed by atoms with E-state index in [0.717, 1.165) is 36.5 Å². The van der Waals surface area contributed by atoms with E-state index in [-0.39, 0.29) is 6.04 Å². The molecule has 3 aromatic rings. The number of hydrogen-bond donors (Lipinski definition) is 0. The second kappa shape index (κ2) is 7.87. The number of piperidine rings is 1. The highest BCUT2D eigenvalue weighted by Gasteiger charge is 2.26. The lowest BCUT2D eigenvalue weighted by Gasteiger charge is -2.36. The first-order valence-electron chi connectivity index (χ1n) is 10.0. The van der Waals surface area contributed by atoms with Crippen LogP contribution in [0.2, 0.25) is 0 Å². The van der Waals surface area contributed by atoms with E-state index in [4.69, 9.17) is 14.1 Å². The average molecular weight is 380 g/mol. The smallest absolute Gasteiger partial charge is 0.213 e. The Balaban J connectivity index is 1.47. The number of methoxy groups -OCH3 is 1. The number of oxazole rings is 1. The molecule has 0 bridgehead atoms. The molecule has 4 rings (SSSR count). The summed E-state index contributed by atoms with van der Waals surface area (Å²) in [5.74, 6) is 1.99. The second-order valence-electron chi connectivity index (χ2n) is 7.83. The highest BCUT2D eigenvalue weighted by atomic mass is 16.5. The molecule has 148 valence electrons. The number of aromatic nitrogens is 3. The monoisotopic (exact) mass is 380 g/mol. The number of aryl methyl sites for hydroxylation is 2. The molecule has 0 unspecified atom stereocenters. The summed E-state index contributed by atoms with van der Waals surface area (Å²) < 4.78 is 10.9. The molecule has 0 radical (unpaired) electrons. The summed E-state index contributed by atoms with van der Waals surface area (Å²) in [6, 6.07) is 8.56. The predicted molar refractivity (Wildman–Crippen MR) is 108 cm³/mol. The van der Waals surface area contributed by atoms with Crippen LogP contribution in [0.1, 0.15) is 48.6 Å². The fourth-order valence-corrected chi connectivity index (χ4v) is 4.24. The van der Waals surface area contributed by atoms with Crippen molar-refractivity contribution >= 4 is 11.2 Å². The van der Waals surface area contributed by atoms with Gasteiger partial charge in [0.1, 0.15) is 0 Å². The number of ether oxygens (including phenoxy) is 1. The van der Waals surface area contributed by atoms with Crippen molar-refractivity contribution in [1.29, 1.82) is 0 Å². The van der Waals surface area contributed by atoms with Crippen LogP contribution in [0.25, 0.3) is 11.2 Å². The van der Waals surface area contributed by atoms with E-state index in [2.05, 4.69) is 40.0 Å². The highest BCUT2D eigenvalue weighted by Crippen LogP contribution is 2.29. The summed E-state index contributed by atoms with van der Waals surface area (Å²) in [5.41, 5.74) is 4.84. The summed E-state index contributed by atoms with van der Waals surface area (Å²) >= 11 is 0. The van der Waals surface area contributed by atoms with Crippen molar-refractivity contribution in [1.82, 2.24) is 19.9 Å². The molecule has 0 saturated carbocycles. The zero-order chi connectivity index (χ0) is 19.7. The Morgan fingerprint density at radius 2 is 2.07 bits per heavy atom. The van der Waals surface area contributed by atoms with Crippen LogP contribution < -0.4 is 4.74 Å². The maximum atomic E-state index is 5.56. The van der Waals surface area contributed by atoms with Crippen molar-refractivity contribution in [2.24, 2.45) is 5.92 Å². The minimum Gasteiger partial charge on any atom is -0.481 e. The predicted octanol–water partition coefficient (Wildman–Crippen LogP) is 4.26. The van der Waals surface area contributed by atoms with E-state index in [0.29, 0.717) is 23.3 Å². The third-order valence-corrected chi connectivity index (χ3v) is 5.63. The summed E-state index contributed by atoms with van der Waals surface area (Å²) in [6.45, 7) is 8.30. The molecule has 0 aromatic carbocycles. The third-order valence-electron chi connectivity index (χ3n) is 5.63. The van der Waals surface area contributed by atoms with Crippen molar-refractivity contribution in [3.05, 3.63) is 47.1 Å². The number of nitrogens with zero attached hydrogens (tertiary/aromatic N) is 4. The lowest BCUT2D eigenvalue weighted by Crippen LogP contribution is -2.38. The van der Waals surface area contributed by atoms with Crippen molar-refractivity contribution in [2.75, 3.05) is 20.2 Å². The molecule has 0 spiro atoms. The molecule has 1 aliphatic heterocycles. The van der Waals surface area contributed by atoms with Gasteiger partial charge in [-0.2, -0.15) is 4.98 Å². The van der Waals surface area contributed by atoms with Gasteiger partial charge in [0.05, 0.1) is 12.8 Å². The molecule has 2 atom stereocenters. The van der Waals surface area contributed by atoms with Gasteiger partial charge in [0, 0.05) is 31.3 Å². The van der Waals surface area contributed by atoms with Crippen molar-refractivity contribution in [3.8, 4) is 5.88 Å². The molecule has 3 aromatic heterocycles. The average Bonchev–Trinajstić information content (AvgIpc) is 3.06. The lowest BCUT2D eigenvalue weighted by molar-refractivity contribution is 0.129. The number of hydrogen-bond acceptors (Lipinski definition) is 6. The van der Waals surface area contributed by atoms with Crippen LogP contribution in [-0.2, 0) is 6.42 Å². The summed E-state index contributed by atoms with van der Waals surface area (Å²) in [5, 5.41) is 0. The normalized spacial score (nSPS) is 19.1. The summed E-state index contributed by atoms with van der Waals surface area (Å²) in [4.78, 5) is 16.1. The van der Waals surface area contributed by atoms with E-state index in [1.807, 2.05) is 19.9 Å². The van der Waals surface area contributed by atoms with Gasteiger partial charge in [-0.25, -0.2) is 9.97 Å². The van der Waals surface area contributed by atoms with Gasteiger partial charge in [0.25, 0.3) is 0 Å². The lowest BCUT2D eigenvalue weighted by atomic mass is 9.90. The standard InChI is InChI=1S/C22H28N4O2/c1-14-10-18(12-21(23-14)27-4)11-17-6-5-9-26(13-17)15(2)19-7-8-20-22(25-19)24-16(3)28-20/h7-8,10,12,15,17H,5-6,9,11,13H2,1-4H3/t15-,17-/m1/s1. The molecule has 28 heavy (non-hydrogen) atoms. The Kier molecular flexibility index (Phi) is 5.31. The van der Waals surface area contributed by atoms with Crippen LogP contribution in [0.15, 0.2) is 28.7 Å². The first kappa shape index (κ1) is 18.9. The summed E-state index contributed by atoms with van der Waals surface area (Å²) in [6.07, 6.45) is 3.52. The van der Waals surface area contributed by atoms with Crippen molar-refractivity contribution in [3.63, 3.8) is 0 Å². The molecule has 1 fully saturated rings. The number of likely N-dealkylation sites (tertiary alicyclic amines) is 1. The Hall–Kier alpha value is -2.47. The Labute approximate surface area is 166 Å². The van der Waals surface area contributed by atoms with Gasteiger partial charge < -0.3 is 9.15 Å². The van der Waals surface area contributed by atoms with E-state index in [9.17, 15) is 0 Å². The fourth-order valence-electron chi connectivity index (χ4n) is 4.24. The zero-order valence-electron chi connectivity index (χ0n) is 17.1. The molecule has 1 aliphatic rings. The number of pyridine rings is 2. The van der Waals surface area contributed by atoms with Gasteiger partial charge in [0.2, 0.25) is 5.88 Å². The van der Waals surface area contributed by atoms with Gasteiger partial charge in [0.15, 0.2) is 17.1 Å². The van der Waals surface area contributed by atoms with Gasteiger partial charge >= 0.3 is 0 Å². The molecular formula is C22H28N4O2. The second-order valence-corrected chi connectivity index (χ2v) is 7.83. The molecule has 1 saturated heterocycles. The van der Waals surface area contributed by atoms with Crippen molar-refractivity contribution < 1.29 is 9.15 Å². The van der Waals surface area contributed by atoms with Crippen LogP contribution in [0.3, 0.4) is 0 Å². The Morgan fingerprint density at radius 1 is 1.21 bits per heavy atom. The van der Waals surface area contributed by atoms with E-state index >= 15 is 0 Å². The first-order valence-corrected chi connectivity index (χ1v) is 10.0. The molecule has 4 heterocycles. The minimum atomic E-state index is 0.262. The number of fused-ring (bicyclic) bond motifs is 1. The van der Waals surface area contributed by atoms with Crippen LogP contribution in [0, 0.1) is 19.8 Å². The maximum absolute atomic E-state index is 5.56. The van der Waals surface area contributed by atoms with Crippen LogP contribution >= 0.6 is 0 Å². The largest absolute Gasteiger partial charge is 0.481 e. The van der Waals surface area contributed by atoms with Gasteiger partial charge in [-0.15, -0.1) is 0 Å². The molecule has 0 amide bonds. The Morgan fingerprint density at radius 3 is 2.89 bits per heavy atom. The van der Waals surface area contributed by atoms with E-state index < -0.39 is 0 Å². The Bertz CT molecular complexity index is 968. The highest BCUT2D eigenvalue weighted by molar-refractivity contribution is 5.67. The molecular weight excluding hydrogens is 352 g/mol. The van der Waals surface area contributed by atoms with Gasteiger partial charge in [-0.05, 0) is 69.3 Å². The SMILES string of the molecule is COc1cc(C[C@H]2CCCN([C@H](C)c3ccc4oc(C)nc4n3)C2)cc(C)n1. The van der Waals surface area contributed by atoms with E-state index in [1.54, 1.807) is 7.11 Å². The molecule has 0 aliphatic carbocycles. The summed E-state index contributed by atoms with van der Waals surface area (Å²) in [7, 11) is 1.68. The van der Waals surface area contributed by atoms with Gasteiger partial charge in [-0.1, -0.05) is 0 Å². The van der Waals surface area contributed by atoms with Crippen LogP contribution in [0.4, 0.5) is 0 Å². The minimum absolute atomic E-state index is 0.262. The fraction of sp³-hybridized carbons (Fsp3) is 0.500. The van der Waals surface area contributed by atoms with Crippen LogP contribution in [0.5, 0.6) is 5.88 Å². The topological polar surface area (TPSA) is 64.3 Å². The molecule has 0 N–H and O–H groups in total.